The molecule has 10 nitrogen and oxygen atoms in total. The molecule has 1 aliphatic heterocycles. The van der Waals surface area contributed by atoms with Crippen molar-refractivity contribution in [3.05, 3.63) is 29.6 Å². The summed E-state index contributed by atoms with van der Waals surface area (Å²) in [7, 11) is 1.99. The average Bonchev–Trinajstić information content (AvgIpc) is 2.67. The number of nitrogens with zero attached hydrogens (tertiary/aromatic N) is 1. The molecule has 31 heavy (non-hydrogen) atoms. The molecule has 0 aromatic heterocycles. The topological polar surface area (TPSA) is 162 Å². The van der Waals surface area contributed by atoms with Crippen LogP contribution in [0.2, 0.25) is 0 Å². The third-order valence-electron chi connectivity index (χ3n) is 4.06. The van der Waals surface area contributed by atoms with Gasteiger partial charge in [-0.25, -0.2) is 4.39 Å². The summed E-state index contributed by atoms with van der Waals surface area (Å²) < 4.78 is 18.8. The number of aliphatic hydroxyl groups is 1. The molecular formula is C20H32FN3O7. The number of halogens is 1. The van der Waals surface area contributed by atoms with E-state index < -0.39 is 29.3 Å². The van der Waals surface area contributed by atoms with E-state index in [4.69, 9.17) is 30.3 Å². The van der Waals surface area contributed by atoms with Crippen LogP contribution in [0.5, 0.6) is 5.75 Å². The van der Waals surface area contributed by atoms with E-state index in [1.807, 2.05) is 7.05 Å². The summed E-state index contributed by atoms with van der Waals surface area (Å²) >= 11 is 0. The molecule has 1 amide bonds. The number of amides is 1. The zero-order chi connectivity index (χ0) is 24.0. The van der Waals surface area contributed by atoms with Crippen molar-refractivity contribution in [1.82, 2.24) is 10.2 Å². The number of nitrogens with two attached hydrogens (primary N) is 1. The Morgan fingerprint density at radius 1 is 1.19 bits per heavy atom. The number of carboxylic acid groups (broad SMARTS) is 2. The van der Waals surface area contributed by atoms with Gasteiger partial charge in [-0.2, -0.15) is 0 Å². The Hall–Kier alpha value is -2.76. The quantitative estimate of drug-likeness (QED) is 0.420. The van der Waals surface area contributed by atoms with Crippen molar-refractivity contribution < 1.29 is 38.8 Å². The average molecular weight is 445 g/mol. The lowest BCUT2D eigenvalue weighted by Crippen LogP contribution is -2.50. The fourth-order valence-electron chi connectivity index (χ4n) is 2.53. The fourth-order valence-corrected chi connectivity index (χ4v) is 2.53. The standard InChI is InChI=1S/C16H24FN3O3.2C2H4O2/c1-20-7-4-16(22,5-8-20)11-19-15(21)13-10-12(17)2-3-14(13)23-9-6-18;2*1-2(3)4/h2-3,10,22H,4-9,11,18H2,1H3,(H,19,21);2*1H3,(H,3,4). The van der Waals surface area contributed by atoms with Crippen molar-refractivity contribution in [2.75, 3.05) is 39.8 Å². The van der Waals surface area contributed by atoms with E-state index in [2.05, 4.69) is 10.2 Å². The molecule has 1 heterocycles. The molecular weight excluding hydrogens is 413 g/mol. The molecule has 0 spiro atoms. The van der Waals surface area contributed by atoms with Crippen LogP contribution < -0.4 is 15.8 Å². The van der Waals surface area contributed by atoms with Gasteiger partial charge in [0.2, 0.25) is 0 Å². The molecule has 1 aliphatic rings. The fraction of sp³-hybridized carbons (Fsp3) is 0.550. The second kappa shape index (κ2) is 14.3. The van der Waals surface area contributed by atoms with Gasteiger partial charge in [0.25, 0.3) is 17.8 Å². The van der Waals surface area contributed by atoms with E-state index in [1.165, 1.54) is 12.1 Å². The maximum atomic E-state index is 13.4. The molecule has 1 fully saturated rings. The van der Waals surface area contributed by atoms with Gasteiger partial charge < -0.3 is 36.0 Å². The number of carbonyl (C=O) groups is 3. The second-order valence-corrected chi connectivity index (χ2v) is 7.03. The van der Waals surface area contributed by atoms with Crippen molar-refractivity contribution >= 4 is 17.8 Å². The summed E-state index contributed by atoms with van der Waals surface area (Å²) in [5.41, 5.74) is 4.56. The first-order valence-corrected chi connectivity index (χ1v) is 9.61. The third kappa shape index (κ3) is 13.2. The number of benzene rings is 1. The van der Waals surface area contributed by atoms with E-state index in [1.54, 1.807) is 0 Å². The van der Waals surface area contributed by atoms with Gasteiger partial charge in [0.1, 0.15) is 18.2 Å². The molecule has 2 rings (SSSR count). The summed E-state index contributed by atoms with van der Waals surface area (Å²) in [5, 5.41) is 28.0. The maximum Gasteiger partial charge on any atom is 0.300 e. The van der Waals surface area contributed by atoms with E-state index in [0.29, 0.717) is 19.4 Å². The monoisotopic (exact) mass is 445 g/mol. The van der Waals surface area contributed by atoms with Gasteiger partial charge in [0.15, 0.2) is 0 Å². The number of ether oxygens (including phenoxy) is 1. The third-order valence-corrected chi connectivity index (χ3v) is 4.06. The Labute approximate surface area is 180 Å². The minimum absolute atomic E-state index is 0.106. The maximum absolute atomic E-state index is 13.4. The molecule has 6 N–H and O–H groups in total. The van der Waals surface area contributed by atoms with Crippen LogP contribution >= 0.6 is 0 Å². The van der Waals surface area contributed by atoms with Crippen LogP contribution in [0.25, 0.3) is 0 Å². The molecule has 1 aromatic carbocycles. The van der Waals surface area contributed by atoms with Crippen molar-refractivity contribution in [3.8, 4) is 5.75 Å². The van der Waals surface area contributed by atoms with Crippen molar-refractivity contribution in [3.63, 3.8) is 0 Å². The summed E-state index contributed by atoms with van der Waals surface area (Å²) in [4.78, 5) is 32.4. The predicted molar refractivity (Wildman–Crippen MR) is 112 cm³/mol. The number of carboxylic acids is 2. The Kier molecular flexibility index (Phi) is 13.0. The van der Waals surface area contributed by atoms with Gasteiger partial charge in [-0.05, 0) is 38.1 Å². The van der Waals surface area contributed by atoms with Gasteiger partial charge in [-0.3, -0.25) is 14.4 Å². The highest BCUT2D eigenvalue weighted by atomic mass is 19.1. The summed E-state index contributed by atoms with van der Waals surface area (Å²) in [6.07, 6.45) is 1.17. The number of hydrogen-bond acceptors (Lipinski definition) is 7. The SMILES string of the molecule is CC(=O)O.CC(=O)O.CN1CCC(O)(CNC(=O)c2cc(F)ccc2OCCN)CC1. The summed E-state index contributed by atoms with van der Waals surface area (Å²) in [6, 6.07) is 3.76. The number of rotatable bonds is 6. The van der Waals surface area contributed by atoms with Gasteiger partial charge in [0, 0.05) is 40.0 Å². The molecule has 1 aromatic rings. The normalized spacial score (nSPS) is 14.8. The molecule has 0 radical (unpaired) electrons. The van der Waals surface area contributed by atoms with Crippen LogP contribution in [-0.2, 0) is 9.59 Å². The van der Waals surface area contributed by atoms with Gasteiger partial charge in [0.05, 0.1) is 11.2 Å². The molecule has 0 atom stereocenters. The highest BCUT2D eigenvalue weighted by molar-refractivity contribution is 5.97. The lowest BCUT2D eigenvalue weighted by Gasteiger charge is -2.36. The first-order chi connectivity index (χ1) is 14.4. The van der Waals surface area contributed by atoms with Crippen LogP contribution in [0.1, 0.15) is 37.0 Å². The Bertz CT molecular complexity index is 703. The van der Waals surface area contributed by atoms with Crippen molar-refractivity contribution in [2.24, 2.45) is 5.73 Å². The second-order valence-electron chi connectivity index (χ2n) is 7.03. The highest BCUT2D eigenvalue weighted by Crippen LogP contribution is 2.22. The van der Waals surface area contributed by atoms with Crippen LogP contribution in [0.3, 0.4) is 0 Å². The van der Waals surface area contributed by atoms with E-state index >= 15 is 0 Å². The number of aliphatic carboxylic acids is 2. The Morgan fingerprint density at radius 2 is 1.71 bits per heavy atom. The number of nitrogens with one attached hydrogen (secondary N) is 1. The number of piperidine rings is 1. The molecule has 0 unspecified atom stereocenters. The first-order valence-electron chi connectivity index (χ1n) is 9.61. The summed E-state index contributed by atoms with van der Waals surface area (Å²) in [6.45, 7) is 4.38. The van der Waals surface area contributed by atoms with Crippen LogP contribution in [-0.4, -0.2) is 83.5 Å². The predicted octanol–water partition coefficient (Wildman–Crippen LogP) is 0.532. The largest absolute Gasteiger partial charge is 0.491 e. The van der Waals surface area contributed by atoms with E-state index in [0.717, 1.165) is 33.0 Å². The highest BCUT2D eigenvalue weighted by Gasteiger charge is 2.31. The zero-order valence-electron chi connectivity index (χ0n) is 18.1. The minimum Gasteiger partial charge on any atom is -0.491 e. The minimum atomic E-state index is -0.923. The first kappa shape index (κ1) is 28.2. The van der Waals surface area contributed by atoms with Crippen molar-refractivity contribution in [1.29, 1.82) is 0 Å². The van der Waals surface area contributed by atoms with Gasteiger partial charge >= 0.3 is 0 Å². The van der Waals surface area contributed by atoms with Gasteiger partial charge in [-0.15, -0.1) is 0 Å². The zero-order valence-corrected chi connectivity index (χ0v) is 18.1. The number of carbonyl (C=O) groups excluding carboxylic acids is 1. The van der Waals surface area contributed by atoms with E-state index in [9.17, 15) is 14.3 Å². The molecule has 1 saturated heterocycles. The lowest BCUT2D eigenvalue weighted by molar-refractivity contribution is -0.135. The molecule has 0 bridgehead atoms. The Morgan fingerprint density at radius 3 is 2.19 bits per heavy atom. The molecule has 176 valence electrons. The van der Waals surface area contributed by atoms with E-state index in [-0.39, 0.29) is 24.5 Å². The summed E-state index contributed by atoms with van der Waals surface area (Å²) in [5.74, 6) is -2.37. The number of likely N-dealkylation sites (tertiary alicyclic amines) is 1. The lowest BCUT2D eigenvalue weighted by atomic mass is 9.91. The van der Waals surface area contributed by atoms with Crippen LogP contribution in [0, 0.1) is 5.82 Å². The number of hydrogen-bond donors (Lipinski definition) is 5. The Balaban J connectivity index is 0.000000967. The van der Waals surface area contributed by atoms with Gasteiger partial charge in [-0.1, -0.05) is 0 Å². The van der Waals surface area contributed by atoms with Crippen LogP contribution in [0.4, 0.5) is 4.39 Å². The molecule has 0 aliphatic carbocycles. The van der Waals surface area contributed by atoms with Crippen molar-refractivity contribution in [2.45, 2.75) is 32.3 Å². The molecule has 11 heteroatoms. The smallest absolute Gasteiger partial charge is 0.300 e. The van der Waals surface area contributed by atoms with Crippen LogP contribution in [0.15, 0.2) is 18.2 Å². The molecule has 0 saturated carbocycles.